The van der Waals surface area contributed by atoms with Crippen molar-refractivity contribution >= 4 is 22.9 Å². The Hall–Kier alpha value is -2.09. The molecule has 1 rings (SSSR count). The Kier molecular flexibility index (Phi) is 3.84. The minimum Gasteiger partial charge on any atom is -0.348 e. The summed E-state index contributed by atoms with van der Waals surface area (Å²) in [5.74, 6) is -0.987. The molecule has 0 saturated carbocycles. The lowest BCUT2D eigenvalue weighted by Gasteiger charge is -2.11. The highest BCUT2D eigenvalue weighted by atomic mass is 32.2. The molecule has 0 saturated heterocycles. The Morgan fingerprint density at radius 2 is 1.75 bits per heavy atom. The van der Waals surface area contributed by atoms with Crippen LogP contribution in [0.3, 0.4) is 0 Å². The maximum absolute atomic E-state index is 11.3. The minimum atomic E-state index is -3.41. The van der Waals surface area contributed by atoms with Gasteiger partial charge in [0.25, 0.3) is 10.9 Å². The zero-order chi connectivity index (χ0) is 12.1. The van der Waals surface area contributed by atoms with Crippen molar-refractivity contribution in [2.24, 2.45) is 5.73 Å². The molecule has 1 aromatic carbocycles. The zero-order valence-electron chi connectivity index (χ0n) is 7.90. The summed E-state index contributed by atoms with van der Waals surface area (Å²) in [7, 11) is -3.41. The number of nitrogens with two attached hydrogens (primary N) is 1. The number of hydroxylamine groups is 1. The number of thiol groups is 1. The molecule has 0 atom stereocenters. The first-order chi connectivity index (χ1) is 7.52. The standard InChI is InChI=1S/C8H8N2O5S/c9-8(12)10(16(13)14)15-7(11)6-4-2-1-3-5-6/h1-5,16H,(H2,9,12). The van der Waals surface area contributed by atoms with E-state index in [0.29, 0.717) is 0 Å². The molecular formula is C8H8N2O5S. The van der Waals surface area contributed by atoms with E-state index in [2.05, 4.69) is 10.6 Å². The Bertz CT molecular complexity index is 463. The van der Waals surface area contributed by atoms with E-state index < -0.39 is 22.9 Å². The van der Waals surface area contributed by atoms with Crippen LogP contribution in [0.1, 0.15) is 10.4 Å². The zero-order valence-corrected chi connectivity index (χ0v) is 8.79. The van der Waals surface area contributed by atoms with Gasteiger partial charge in [-0.3, -0.25) is 0 Å². The molecule has 8 heteroatoms. The number of carbonyl (C=O) groups excluding carboxylic acids is 2. The van der Waals surface area contributed by atoms with E-state index >= 15 is 0 Å². The third-order valence-corrected chi connectivity index (χ3v) is 2.09. The molecule has 1 aromatic rings. The SMILES string of the molecule is NC(=O)N(OC(=O)c1ccccc1)[SH](=O)=O. The molecule has 2 amide bonds. The fraction of sp³-hybridized carbons (Fsp3) is 0. The molecule has 0 fully saturated rings. The van der Waals surface area contributed by atoms with Gasteiger partial charge in [0.15, 0.2) is 0 Å². The van der Waals surface area contributed by atoms with E-state index in [0.717, 1.165) is 0 Å². The summed E-state index contributed by atoms with van der Waals surface area (Å²) in [5.41, 5.74) is 4.79. The highest BCUT2D eigenvalue weighted by molar-refractivity contribution is 7.70. The van der Waals surface area contributed by atoms with E-state index in [9.17, 15) is 18.0 Å². The normalized spacial score (nSPS) is 9.81. The number of hydrogen-bond acceptors (Lipinski definition) is 5. The van der Waals surface area contributed by atoms with Crippen LogP contribution in [0.25, 0.3) is 0 Å². The fourth-order valence-electron chi connectivity index (χ4n) is 0.864. The first-order valence-corrected chi connectivity index (χ1v) is 5.16. The van der Waals surface area contributed by atoms with Gasteiger partial charge in [0.1, 0.15) is 0 Å². The molecule has 0 spiro atoms. The number of hydrogen-bond donors (Lipinski definition) is 2. The predicted molar refractivity (Wildman–Crippen MR) is 53.6 cm³/mol. The van der Waals surface area contributed by atoms with Crippen molar-refractivity contribution < 1.29 is 22.8 Å². The second kappa shape index (κ2) is 5.12. The summed E-state index contributed by atoms with van der Waals surface area (Å²) >= 11 is 0. The maximum atomic E-state index is 11.3. The molecule has 0 aliphatic carbocycles. The lowest BCUT2D eigenvalue weighted by atomic mass is 10.2. The smallest absolute Gasteiger partial charge is 0.348 e. The average molecular weight is 244 g/mol. The van der Waals surface area contributed by atoms with Gasteiger partial charge in [-0.1, -0.05) is 18.2 Å². The third-order valence-electron chi connectivity index (χ3n) is 1.52. The van der Waals surface area contributed by atoms with Crippen molar-refractivity contribution in [3.63, 3.8) is 0 Å². The van der Waals surface area contributed by atoms with Crippen molar-refractivity contribution in [2.45, 2.75) is 0 Å². The van der Waals surface area contributed by atoms with Gasteiger partial charge in [0.05, 0.1) is 5.56 Å². The van der Waals surface area contributed by atoms with Crippen LogP contribution in [0.15, 0.2) is 30.3 Å². The number of benzene rings is 1. The van der Waals surface area contributed by atoms with E-state index in [1.165, 1.54) is 12.1 Å². The molecule has 16 heavy (non-hydrogen) atoms. The molecule has 2 N–H and O–H groups in total. The van der Waals surface area contributed by atoms with Crippen LogP contribution in [0.4, 0.5) is 4.79 Å². The molecule has 7 nitrogen and oxygen atoms in total. The molecule has 0 aromatic heterocycles. The second-order valence-electron chi connectivity index (χ2n) is 2.59. The first kappa shape index (κ1) is 12.0. The van der Waals surface area contributed by atoms with Crippen molar-refractivity contribution in [3.8, 4) is 0 Å². The van der Waals surface area contributed by atoms with E-state index in [1.807, 2.05) is 0 Å². The van der Waals surface area contributed by atoms with Crippen LogP contribution >= 0.6 is 0 Å². The number of urea groups is 1. The molecule has 0 aliphatic heterocycles. The van der Waals surface area contributed by atoms with Gasteiger partial charge in [-0.05, 0) is 16.6 Å². The maximum Gasteiger partial charge on any atom is 0.364 e. The Labute approximate surface area is 92.4 Å². The predicted octanol–water partition coefficient (Wildman–Crippen LogP) is -0.334. The van der Waals surface area contributed by atoms with Gasteiger partial charge in [-0.25, -0.2) is 18.0 Å². The summed E-state index contributed by atoms with van der Waals surface area (Å²) in [6.07, 6.45) is 0. The van der Waals surface area contributed by atoms with Gasteiger partial charge in [-0.2, -0.15) is 0 Å². The van der Waals surface area contributed by atoms with Crippen molar-refractivity contribution in [2.75, 3.05) is 0 Å². The molecule has 0 radical (unpaired) electrons. The molecule has 0 unspecified atom stereocenters. The van der Waals surface area contributed by atoms with Crippen LogP contribution < -0.4 is 5.73 Å². The second-order valence-corrected chi connectivity index (χ2v) is 3.43. The summed E-state index contributed by atoms with van der Waals surface area (Å²) in [6.45, 7) is 0. The van der Waals surface area contributed by atoms with Crippen LogP contribution in [-0.2, 0) is 15.7 Å². The number of primary amides is 1. The van der Waals surface area contributed by atoms with Crippen molar-refractivity contribution in [1.29, 1.82) is 0 Å². The fourth-order valence-corrected chi connectivity index (χ4v) is 1.17. The monoisotopic (exact) mass is 244 g/mol. The summed E-state index contributed by atoms with van der Waals surface area (Å²) in [5, 5.41) is 0. The highest BCUT2D eigenvalue weighted by Crippen LogP contribution is 2.03. The van der Waals surface area contributed by atoms with Gasteiger partial charge in [-0.15, -0.1) is 0 Å². The molecule has 86 valence electrons. The lowest BCUT2D eigenvalue weighted by Crippen LogP contribution is -2.36. The topological polar surface area (TPSA) is 107 Å². The summed E-state index contributed by atoms with van der Waals surface area (Å²) in [4.78, 5) is 26.2. The van der Waals surface area contributed by atoms with Crippen molar-refractivity contribution in [1.82, 2.24) is 4.47 Å². The minimum absolute atomic E-state index is 0.102. The van der Waals surface area contributed by atoms with Crippen LogP contribution in [0.5, 0.6) is 0 Å². The molecule has 0 bridgehead atoms. The summed E-state index contributed by atoms with van der Waals surface area (Å²) < 4.78 is 20.8. The van der Waals surface area contributed by atoms with Crippen LogP contribution in [0, 0.1) is 0 Å². The van der Waals surface area contributed by atoms with E-state index in [1.54, 1.807) is 18.2 Å². The van der Waals surface area contributed by atoms with Crippen LogP contribution in [-0.4, -0.2) is 24.9 Å². The quantitative estimate of drug-likeness (QED) is 0.547. The van der Waals surface area contributed by atoms with Gasteiger partial charge in [0, 0.05) is 0 Å². The molecule has 0 heterocycles. The van der Waals surface area contributed by atoms with E-state index in [-0.39, 0.29) is 10.0 Å². The Balaban J connectivity index is 2.81. The first-order valence-electron chi connectivity index (χ1n) is 4.03. The van der Waals surface area contributed by atoms with E-state index in [4.69, 9.17) is 0 Å². The Morgan fingerprint density at radius 3 is 2.19 bits per heavy atom. The lowest BCUT2D eigenvalue weighted by molar-refractivity contribution is -0.0163. The number of nitrogens with zero attached hydrogens (tertiary/aromatic N) is 1. The molecule has 0 aliphatic rings. The van der Waals surface area contributed by atoms with Gasteiger partial charge >= 0.3 is 12.0 Å². The molecular weight excluding hydrogens is 236 g/mol. The largest absolute Gasteiger partial charge is 0.364 e. The number of amides is 2. The average Bonchev–Trinajstić information content (AvgIpc) is 2.25. The van der Waals surface area contributed by atoms with Gasteiger partial charge in [0.2, 0.25) is 0 Å². The number of rotatable bonds is 2. The van der Waals surface area contributed by atoms with Gasteiger partial charge < -0.3 is 10.6 Å². The van der Waals surface area contributed by atoms with Crippen LogP contribution in [0.2, 0.25) is 0 Å². The number of carbonyl (C=O) groups is 2. The Morgan fingerprint density at radius 1 is 1.19 bits per heavy atom. The summed E-state index contributed by atoms with van der Waals surface area (Å²) in [6, 6.07) is 6.20. The van der Waals surface area contributed by atoms with Crippen molar-refractivity contribution in [3.05, 3.63) is 35.9 Å². The highest BCUT2D eigenvalue weighted by Gasteiger charge is 2.19. The third kappa shape index (κ3) is 2.95.